The Morgan fingerprint density at radius 3 is 1.67 bits per heavy atom. The molecule has 0 atom stereocenters. The zero-order chi connectivity index (χ0) is 15.4. The summed E-state index contributed by atoms with van der Waals surface area (Å²) in [7, 11) is 0. The van der Waals surface area contributed by atoms with Gasteiger partial charge in [-0.05, 0) is 32.1 Å². The van der Waals surface area contributed by atoms with Crippen LogP contribution in [0.25, 0.3) is 0 Å². The molecule has 0 aromatic carbocycles. The third-order valence-corrected chi connectivity index (χ3v) is 3.79. The van der Waals surface area contributed by atoms with Crippen molar-refractivity contribution >= 4 is 0 Å². The van der Waals surface area contributed by atoms with Crippen molar-refractivity contribution in [1.29, 1.82) is 0 Å². The maximum atomic E-state index is 7.96. The second-order valence-corrected chi connectivity index (χ2v) is 5.83. The van der Waals surface area contributed by atoms with Crippen molar-refractivity contribution in [3.05, 3.63) is 12.2 Å². The van der Waals surface area contributed by atoms with Crippen molar-refractivity contribution in [3.63, 3.8) is 0 Å². The highest BCUT2D eigenvalue weighted by Crippen LogP contribution is 2.09. The second kappa shape index (κ2) is 19.6. The van der Waals surface area contributed by atoms with Crippen molar-refractivity contribution in [1.82, 2.24) is 0 Å². The van der Waals surface area contributed by atoms with Gasteiger partial charge >= 0.3 is 0 Å². The summed E-state index contributed by atoms with van der Waals surface area (Å²) in [5.41, 5.74) is 0. The summed E-state index contributed by atoms with van der Waals surface area (Å²) in [6, 6.07) is 0. The molecule has 0 radical (unpaired) electrons. The lowest BCUT2D eigenvalue weighted by molar-refractivity contribution is -0.490. The van der Waals surface area contributed by atoms with Crippen LogP contribution in [0.4, 0.5) is 0 Å². The highest BCUT2D eigenvalue weighted by atomic mass is 17.5. The van der Waals surface area contributed by atoms with Gasteiger partial charge in [-0.1, -0.05) is 81.9 Å². The van der Waals surface area contributed by atoms with Crippen molar-refractivity contribution in [2.45, 2.75) is 96.8 Å². The Kier molecular flexibility index (Phi) is 19.3. The van der Waals surface area contributed by atoms with Crippen LogP contribution in [0.2, 0.25) is 0 Å². The molecule has 0 unspecified atom stereocenters. The molecule has 0 saturated carbocycles. The molecular formula is C18H36O3. The molecule has 0 heterocycles. The first kappa shape index (κ1) is 20.6. The molecule has 1 N–H and O–H groups in total. The second-order valence-electron chi connectivity index (χ2n) is 5.83. The minimum atomic E-state index is 0.484. The van der Waals surface area contributed by atoms with E-state index < -0.39 is 0 Å². The Labute approximate surface area is 131 Å². The molecule has 0 rings (SSSR count). The predicted molar refractivity (Wildman–Crippen MR) is 89.1 cm³/mol. The monoisotopic (exact) mass is 300 g/mol. The van der Waals surface area contributed by atoms with E-state index in [4.69, 9.17) is 5.26 Å². The van der Waals surface area contributed by atoms with Crippen LogP contribution >= 0.6 is 0 Å². The first-order valence-corrected chi connectivity index (χ1v) is 8.99. The molecule has 0 aromatic rings. The maximum Gasteiger partial charge on any atom is 0.0853 e. The van der Waals surface area contributed by atoms with E-state index in [9.17, 15) is 0 Å². The van der Waals surface area contributed by atoms with Gasteiger partial charge in [0.25, 0.3) is 0 Å². The van der Waals surface area contributed by atoms with Gasteiger partial charge < -0.3 is 0 Å². The van der Waals surface area contributed by atoms with Crippen molar-refractivity contribution < 1.29 is 15.2 Å². The molecule has 0 saturated heterocycles. The fourth-order valence-electron chi connectivity index (χ4n) is 2.45. The lowest BCUT2D eigenvalue weighted by Crippen LogP contribution is -1.92. The largest absolute Gasteiger partial charge is 0.221 e. The van der Waals surface area contributed by atoms with Crippen LogP contribution in [0, 0.1) is 0 Å². The zero-order valence-corrected chi connectivity index (χ0v) is 14.0. The van der Waals surface area contributed by atoms with Gasteiger partial charge in [-0.25, -0.2) is 10.1 Å². The number of hydrogen-bond acceptors (Lipinski definition) is 3. The topological polar surface area (TPSA) is 38.7 Å². The molecule has 0 amide bonds. The van der Waals surface area contributed by atoms with Crippen LogP contribution in [-0.4, -0.2) is 11.9 Å². The fourth-order valence-corrected chi connectivity index (χ4v) is 2.45. The third kappa shape index (κ3) is 19.6. The van der Waals surface area contributed by atoms with E-state index in [0.29, 0.717) is 6.61 Å². The van der Waals surface area contributed by atoms with Crippen LogP contribution in [-0.2, 0) is 9.93 Å². The molecule has 126 valence electrons. The summed E-state index contributed by atoms with van der Waals surface area (Å²) in [5.74, 6) is 0. The van der Waals surface area contributed by atoms with Crippen molar-refractivity contribution in [2.75, 3.05) is 6.61 Å². The fraction of sp³-hybridized carbons (Fsp3) is 0.889. The Morgan fingerprint density at radius 1 is 0.667 bits per heavy atom. The van der Waals surface area contributed by atoms with Gasteiger partial charge in [-0.2, -0.15) is 0 Å². The minimum absolute atomic E-state index is 0.484. The smallest absolute Gasteiger partial charge is 0.0853 e. The number of allylic oxidation sites excluding steroid dienone is 2. The van der Waals surface area contributed by atoms with Gasteiger partial charge in [0.05, 0.1) is 6.61 Å². The lowest BCUT2D eigenvalue weighted by Gasteiger charge is -2.00. The first-order valence-electron chi connectivity index (χ1n) is 8.99. The van der Waals surface area contributed by atoms with Gasteiger partial charge in [0.1, 0.15) is 0 Å². The highest BCUT2D eigenvalue weighted by molar-refractivity contribution is 4.81. The van der Waals surface area contributed by atoms with Gasteiger partial charge in [-0.3, -0.25) is 0 Å². The standard InChI is InChI=1S/C18H36O3/c1-2-3-4-5-6-7-8-9-10-11-12-13-14-15-16-17-18-20-21-19/h9-10,19H,2-8,11-18H2,1H3/b10-9-. The van der Waals surface area contributed by atoms with Gasteiger partial charge in [0, 0.05) is 0 Å². The van der Waals surface area contributed by atoms with Crippen LogP contribution in [0.3, 0.4) is 0 Å². The summed E-state index contributed by atoms with van der Waals surface area (Å²) in [6.45, 7) is 2.75. The van der Waals surface area contributed by atoms with Crippen LogP contribution in [0.5, 0.6) is 0 Å². The molecule has 0 bridgehead atoms. The Hall–Kier alpha value is -0.380. The quantitative estimate of drug-likeness (QED) is 0.145. The molecule has 21 heavy (non-hydrogen) atoms. The first-order chi connectivity index (χ1) is 10.4. The molecule has 0 aliphatic carbocycles. The molecule has 0 aliphatic rings. The summed E-state index contributed by atoms with van der Waals surface area (Å²) in [4.78, 5) is 4.40. The Balaban J connectivity index is 3.02. The van der Waals surface area contributed by atoms with Crippen LogP contribution < -0.4 is 0 Å². The molecule has 3 nitrogen and oxygen atoms in total. The van der Waals surface area contributed by atoms with Crippen molar-refractivity contribution in [2.24, 2.45) is 0 Å². The normalized spacial score (nSPS) is 11.5. The zero-order valence-electron chi connectivity index (χ0n) is 14.0. The van der Waals surface area contributed by atoms with Crippen LogP contribution in [0.1, 0.15) is 96.8 Å². The van der Waals surface area contributed by atoms with E-state index in [0.717, 1.165) is 12.8 Å². The summed E-state index contributed by atoms with van der Waals surface area (Å²) in [5, 5.41) is 11.5. The van der Waals surface area contributed by atoms with E-state index in [1.54, 1.807) is 0 Å². The maximum absolute atomic E-state index is 7.96. The van der Waals surface area contributed by atoms with Gasteiger partial charge in [-0.15, -0.1) is 0 Å². The summed E-state index contributed by atoms with van der Waals surface area (Å²) >= 11 is 0. The SMILES string of the molecule is CCCCCCCC/C=C\CCCCCCCCOOO. The molecule has 0 fully saturated rings. The average molecular weight is 300 g/mol. The lowest BCUT2D eigenvalue weighted by atomic mass is 10.1. The van der Waals surface area contributed by atoms with E-state index in [1.807, 2.05) is 0 Å². The van der Waals surface area contributed by atoms with E-state index in [1.165, 1.54) is 77.0 Å². The number of unbranched alkanes of at least 4 members (excludes halogenated alkanes) is 12. The highest BCUT2D eigenvalue weighted by Gasteiger charge is 1.92. The summed E-state index contributed by atoms with van der Waals surface area (Å²) in [6.07, 6.45) is 22.8. The van der Waals surface area contributed by atoms with Crippen LogP contribution in [0.15, 0.2) is 12.2 Å². The number of rotatable bonds is 17. The minimum Gasteiger partial charge on any atom is -0.221 e. The molecular weight excluding hydrogens is 264 g/mol. The molecule has 3 heteroatoms. The molecule has 0 spiro atoms. The van der Waals surface area contributed by atoms with Gasteiger partial charge in [0.2, 0.25) is 0 Å². The van der Waals surface area contributed by atoms with E-state index in [2.05, 4.69) is 29.0 Å². The molecule has 0 aromatic heterocycles. The summed E-state index contributed by atoms with van der Waals surface area (Å²) < 4.78 is 0. The average Bonchev–Trinajstić information content (AvgIpc) is 2.50. The third-order valence-electron chi connectivity index (χ3n) is 3.79. The van der Waals surface area contributed by atoms with E-state index in [-0.39, 0.29) is 0 Å². The number of hydrogen-bond donors (Lipinski definition) is 1. The predicted octanol–water partition coefficient (Wildman–Crippen LogP) is 6.45. The van der Waals surface area contributed by atoms with E-state index >= 15 is 0 Å². The van der Waals surface area contributed by atoms with Gasteiger partial charge in [0.15, 0.2) is 0 Å². The Bertz CT molecular complexity index is 205. The van der Waals surface area contributed by atoms with Crippen molar-refractivity contribution in [3.8, 4) is 0 Å². The molecule has 0 aliphatic heterocycles. The Morgan fingerprint density at radius 2 is 1.14 bits per heavy atom.